The molecule has 6 rings (SSSR count). The van der Waals surface area contributed by atoms with Gasteiger partial charge in [-0.1, -0.05) is 79.2 Å². The Balaban J connectivity index is 1.56. The minimum Gasteiger partial charge on any atom is -0.493 e. The molecule has 6 aromatic rings. The molecule has 0 bridgehead atoms. The topological polar surface area (TPSA) is 69.9 Å². The van der Waals surface area contributed by atoms with E-state index in [0.717, 1.165) is 68.7 Å². The highest BCUT2D eigenvalue weighted by Gasteiger charge is 2.21. The van der Waals surface area contributed by atoms with E-state index in [-0.39, 0.29) is 5.78 Å². The molecule has 0 unspecified atom stereocenters. The molecule has 0 saturated carbocycles. The number of nitrogens with zero attached hydrogens (tertiary/aromatic N) is 2. The van der Waals surface area contributed by atoms with Crippen molar-refractivity contribution in [2.45, 2.75) is 47.1 Å². The van der Waals surface area contributed by atoms with Gasteiger partial charge >= 0.3 is 5.97 Å². The summed E-state index contributed by atoms with van der Waals surface area (Å²) in [5.41, 5.74) is 6.58. The highest BCUT2D eigenvalue weighted by Crippen LogP contribution is 2.35. The number of carbonyl (C=O) groups excluding carboxylic acids is 2. The van der Waals surface area contributed by atoms with Crippen molar-refractivity contribution in [2.24, 2.45) is 5.16 Å². The molecule has 0 aliphatic rings. The lowest BCUT2D eigenvalue weighted by molar-refractivity contribution is -0.140. The number of ether oxygens (including phenoxy) is 1. The number of aryl methyl sites for hydroxylation is 2. The fourth-order valence-electron chi connectivity index (χ4n) is 6.06. The minimum absolute atomic E-state index is 0.0835. The molecule has 226 valence electrons. The van der Waals surface area contributed by atoms with Gasteiger partial charge in [0.05, 0.1) is 12.2 Å². The van der Waals surface area contributed by atoms with Crippen LogP contribution in [0.5, 0.6) is 5.75 Å². The lowest BCUT2D eigenvalue weighted by Crippen LogP contribution is -2.08. The van der Waals surface area contributed by atoms with Crippen LogP contribution in [0.4, 0.5) is 0 Å². The molecule has 0 N–H and O–H groups in total. The molecule has 45 heavy (non-hydrogen) atoms. The average Bonchev–Trinajstić information content (AvgIpc) is 3.36. The number of carbonyl (C=O) groups is 2. The number of aromatic nitrogens is 1. The summed E-state index contributed by atoms with van der Waals surface area (Å²) in [4.78, 5) is 31.3. The zero-order valence-corrected chi connectivity index (χ0v) is 26.1. The standard InChI is InChI=1S/C39H36N2O4/c1-5-7-22-41-34-19-16-28(38(40-45-26(4)42)30-14-10-8-12-25(30)3)23-32(34)33-24-29(17-20-35(33)41)39(43)37-31-15-11-9-13-27(31)18-21-36(37)44-6-2/h8-21,23-24H,5-7,22H2,1-4H3/b40-38+. The van der Waals surface area contributed by atoms with Crippen molar-refractivity contribution in [3.8, 4) is 5.75 Å². The molecule has 0 fully saturated rings. The van der Waals surface area contributed by atoms with E-state index < -0.39 is 5.97 Å². The fraction of sp³-hybridized carbons (Fsp3) is 0.205. The Morgan fingerprint density at radius 3 is 2.18 bits per heavy atom. The number of fused-ring (bicyclic) bond motifs is 4. The van der Waals surface area contributed by atoms with E-state index in [9.17, 15) is 9.59 Å². The van der Waals surface area contributed by atoms with Crippen molar-refractivity contribution < 1.29 is 19.2 Å². The average molecular weight is 597 g/mol. The van der Waals surface area contributed by atoms with Gasteiger partial charge in [0.2, 0.25) is 0 Å². The Bertz CT molecular complexity index is 2100. The van der Waals surface area contributed by atoms with Gasteiger partial charge in [-0.3, -0.25) is 4.79 Å². The van der Waals surface area contributed by atoms with Gasteiger partial charge in [0.25, 0.3) is 0 Å². The van der Waals surface area contributed by atoms with E-state index >= 15 is 0 Å². The van der Waals surface area contributed by atoms with Crippen molar-refractivity contribution in [1.29, 1.82) is 0 Å². The minimum atomic E-state index is -0.485. The number of unbranched alkanes of at least 4 members (excludes halogenated alkanes) is 1. The lowest BCUT2D eigenvalue weighted by Gasteiger charge is -2.13. The molecule has 0 aliphatic carbocycles. The second-order valence-corrected chi connectivity index (χ2v) is 11.2. The smallest absolute Gasteiger partial charge is 0.332 e. The predicted molar refractivity (Wildman–Crippen MR) is 181 cm³/mol. The van der Waals surface area contributed by atoms with Gasteiger partial charge in [0, 0.05) is 52.0 Å². The summed E-state index contributed by atoms with van der Waals surface area (Å²) < 4.78 is 8.28. The van der Waals surface area contributed by atoms with Crippen LogP contribution in [-0.2, 0) is 16.2 Å². The highest BCUT2D eigenvalue weighted by atomic mass is 16.7. The Kier molecular flexibility index (Phi) is 8.47. The van der Waals surface area contributed by atoms with Crippen LogP contribution in [0, 0.1) is 6.92 Å². The number of hydrogen-bond acceptors (Lipinski definition) is 5. The van der Waals surface area contributed by atoms with Crippen LogP contribution in [0.25, 0.3) is 32.6 Å². The lowest BCUT2D eigenvalue weighted by atomic mass is 9.94. The van der Waals surface area contributed by atoms with Gasteiger partial charge in [-0.25, -0.2) is 4.79 Å². The summed E-state index contributed by atoms with van der Waals surface area (Å²) in [7, 11) is 0. The van der Waals surface area contributed by atoms with E-state index in [1.807, 2.05) is 92.7 Å². The Morgan fingerprint density at radius 2 is 1.47 bits per heavy atom. The first-order valence-corrected chi connectivity index (χ1v) is 15.5. The monoisotopic (exact) mass is 596 g/mol. The maximum absolute atomic E-state index is 14.3. The molecule has 1 aromatic heterocycles. The van der Waals surface area contributed by atoms with Crippen LogP contribution in [0.3, 0.4) is 0 Å². The molecule has 0 atom stereocenters. The van der Waals surface area contributed by atoms with Gasteiger partial charge in [-0.15, -0.1) is 0 Å². The molecule has 0 aliphatic heterocycles. The first-order chi connectivity index (χ1) is 21.9. The molecule has 6 nitrogen and oxygen atoms in total. The van der Waals surface area contributed by atoms with E-state index in [4.69, 9.17) is 9.57 Å². The van der Waals surface area contributed by atoms with Gasteiger partial charge in [0.1, 0.15) is 11.5 Å². The van der Waals surface area contributed by atoms with Crippen LogP contribution < -0.4 is 4.74 Å². The first kappa shape index (κ1) is 29.8. The van der Waals surface area contributed by atoms with Gasteiger partial charge < -0.3 is 14.1 Å². The molecule has 0 spiro atoms. The van der Waals surface area contributed by atoms with Crippen LogP contribution >= 0.6 is 0 Å². The third-order valence-electron chi connectivity index (χ3n) is 8.22. The molecule has 0 amide bonds. The molecule has 5 aromatic carbocycles. The Labute approximate surface area is 262 Å². The summed E-state index contributed by atoms with van der Waals surface area (Å²) in [5.74, 6) is 0.0136. The number of ketones is 1. The van der Waals surface area contributed by atoms with E-state index in [1.165, 1.54) is 6.92 Å². The van der Waals surface area contributed by atoms with Crippen molar-refractivity contribution in [3.05, 3.63) is 125 Å². The van der Waals surface area contributed by atoms with Gasteiger partial charge in [0.15, 0.2) is 5.78 Å². The molecular formula is C39H36N2O4. The Hall–Kier alpha value is -5.23. The summed E-state index contributed by atoms with van der Waals surface area (Å²) in [5, 5.41) is 8.13. The fourth-order valence-corrected chi connectivity index (χ4v) is 6.06. The third kappa shape index (κ3) is 5.72. The largest absolute Gasteiger partial charge is 0.493 e. The van der Waals surface area contributed by atoms with Crippen LogP contribution in [0.15, 0.2) is 102 Å². The van der Waals surface area contributed by atoms with E-state index in [0.29, 0.717) is 29.2 Å². The van der Waals surface area contributed by atoms with Gasteiger partial charge in [-0.2, -0.15) is 0 Å². The van der Waals surface area contributed by atoms with Crippen molar-refractivity contribution in [3.63, 3.8) is 0 Å². The summed E-state index contributed by atoms with van der Waals surface area (Å²) >= 11 is 0. The number of rotatable bonds is 10. The molecular weight excluding hydrogens is 560 g/mol. The van der Waals surface area contributed by atoms with Crippen LogP contribution in [0.1, 0.15) is 66.2 Å². The van der Waals surface area contributed by atoms with Crippen LogP contribution in [-0.4, -0.2) is 28.6 Å². The SMILES string of the molecule is CCCCn1c2ccc(C(=O)c3c(OCC)ccc4ccccc34)cc2c2cc(/C(=N\OC(C)=O)c3ccccc3C)ccc21. The maximum Gasteiger partial charge on any atom is 0.332 e. The third-order valence-corrected chi connectivity index (χ3v) is 8.22. The molecule has 0 saturated heterocycles. The van der Waals surface area contributed by atoms with Gasteiger partial charge in [-0.05, 0) is 73.0 Å². The number of benzene rings is 5. The van der Waals surface area contributed by atoms with Crippen molar-refractivity contribution in [1.82, 2.24) is 4.57 Å². The van der Waals surface area contributed by atoms with Crippen molar-refractivity contribution in [2.75, 3.05) is 6.61 Å². The zero-order valence-electron chi connectivity index (χ0n) is 26.1. The molecule has 6 heteroatoms. The van der Waals surface area contributed by atoms with E-state index in [1.54, 1.807) is 0 Å². The van der Waals surface area contributed by atoms with Crippen molar-refractivity contribution >= 4 is 50.0 Å². The number of hydrogen-bond donors (Lipinski definition) is 0. The zero-order chi connectivity index (χ0) is 31.5. The van der Waals surface area contributed by atoms with Crippen LogP contribution in [0.2, 0.25) is 0 Å². The quantitative estimate of drug-likeness (QED) is 0.0685. The summed E-state index contributed by atoms with van der Waals surface area (Å²) in [6, 6.07) is 31.9. The second kappa shape index (κ2) is 12.8. The summed E-state index contributed by atoms with van der Waals surface area (Å²) in [6.07, 6.45) is 2.08. The molecule has 0 radical (unpaired) electrons. The summed E-state index contributed by atoms with van der Waals surface area (Å²) in [6.45, 7) is 8.78. The first-order valence-electron chi connectivity index (χ1n) is 15.5. The normalized spacial score (nSPS) is 11.8. The maximum atomic E-state index is 14.3. The number of oxime groups is 1. The molecule has 1 heterocycles. The second-order valence-electron chi connectivity index (χ2n) is 11.2. The predicted octanol–water partition coefficient (Wildman–Crippen LogP) is 9.00. The Morgan fingerprint density at radius 1 is 0.778 bits per heavy atom. The highest BCUT2D eigenvalue weighted by molar-refractivity contribution is 6.21. The van der Waals surface area contributed by atoms with E-state index in [2.05, 4.69) is 34.8 Å².